The third kappa shape index (κ3) is 5.21. The molecule has 2 heterocycles. The zero-order chi connectivity index (χ0) is 18.5. The Morgan fingerprint density at radius 3 is 2.58 bits per heavy atom. The fourth-order valence-electron chi connectivity index (χ4n) is 3.31. The van der Waals surface area contributed by atoms with Gasteiger partial charge in [0.15, 0.2) is 0 Å². The van der Waals surface area contributed by atoms with Crippen molar-refractivity contribution in [3.05, 3.63) is 57.7 Å². The van der Waals surface area contributed by atoms with Crippen molar-refractivity contribution in [2.24, 2.45) is 5.92 Å². The van der Waals surface area contributed by atoms with E-state index in [1.165, 1.54) is 5.56 Å². The van der Waals surface area contributed by atoms with Gasteiger partial charge in [0.25, 0.3) is 0 Å². The van der Waals surface area contributed by atoms with Gasteiger partial charge in [0.05, 0.1) is 5.02 Å². The highest BCUT2D eigenvalue weighted by Crippen LogP contribution is 2.23. The molecule has 0 saturated carbocycles. The van der Waals surface area contributed by atoms with Gasteiger partial charge < -0.3 is 10.2 Å². The molecule has 2 aromatic rings. The number of amides is 1. The van der Waals surface area contributed by atoms with Crippen LogP contribution in [0.25, 0.3) is 0 Å². The number of carbonyl (C=O) groups excluding carboxylic acids is 1. The Bertz CT molecular complexity index is 728. The van der Waals surface area contributed by atoms with Gasteiger partial charge in [0.1, 0.15) is 5.82 Å². The predicted molar refractivity (Wildman–Crippen MR) is 110 cm³/mol. The molecule has 6 heteroatoms. The largest absolute Gasteiger partial charge is 0.357 e. The summed E-state index contributed by atoms with van der Waals surface area (Å²) < 4.78 is 1.07. The molecule has 1 aliphatic rings. The highest BCUT2D eigenvalue weighted by Gasteiger charge is 2.26. The lowest BCUT2D eigenvalue weighted by Gasteiger charge is -2.32. The summed E-state index contributed by atoms with van der Waals surface area (Å²) in [7, 11) is 0. The number of hydrogen-bond acceptors (Lipinski definition) is 3. The molecule has 0 aliphatic carbocycles. The maximum atomic E-state index is 12.6. The Morgan fingerprint density at radius 1 is 1.27 bits per heavy atom. The number of anilines is 1. The van der Waals surface area contributed by atoms with E-state index >= 15 is 0 Å². The van der Waals surface area contributed by atoms with E-state index in [0.717, 1.165) is 42.6 Å². The monoisotopic (exact) mass is 435 g/mol. The van der Waals surface area contributed by atoms with E-state index in [-0.39, 0.29) is 17.9 Å². The number of aromatic nitrogens is 1. The van der Waals surface area contributed by atoms with Crippen molar-refractivity contribution in [2.75, 3.05) is 18.0 Å². The molecule has 1 aliphatic heterocycles. The molecular weight excluding hydrogens is 414 g/mol. The molecule has 1 fully saturated rings. The van der Waals surface area contributed by atoms with Crippen molar-refractivity contribution >= 4 is 39.3 Å². The van der Waals surface area contributed by atoms with Gasteiger partial charge >= 0.3 is 0 Å². The normalized spacial score (nSPS) is 16.3. The molecule has 0 spiro atoms. The molecule has 26 heavy (non-hydrogen) atoms. The zero-order valence-corrected chi connectivity index (χ0v) is 17.1. The van der Waals surface area contributed by atoms with E-state index in [9.17, 15) is 4.79 Å². The summed E-state index contributed by atoms with van der Waals surface area (Å²) in [4.78, 5) is 19.1. The molecule has 1 aromatic heterocycles. The number of piperidine rings is 1. The molecule has 0 radical (unpaired) electrons. The van der Waals surface area contributed by atoms with E-state index in [2.05, 4.69) is 50.2 Å². The van der Waals surface area contributed by atoms with Crippen LogP contribution in [0.3, 0.4) is 0 Å². The van der Waals surface area contributed by atoms with E-state index in [1.807, 2.05) is 24.3 Å². The molecule has 0 bridgehead atoms. The number of benzene rings is 1. The van der Waals surface area contributed by atoms with Crippen LogP contribution in [0.4, 0.5) is 5.82 Å². The Hall–Kier alpha value is -1.59. The van der Waals surface area contributed by atoms with Crippen molar-refractivity contribution in [1.82, 2.24) is 10.3 Å². The molecule has 4 nitrogen and oxygen atoms in total. The fraction of sp³-hybridized carbons (Fsp3) is 0.400. The van der Waals surface area contributed by atoms with Crippen molar-refractivity contribution in [3.8, 4) is 0 Å². The van der Waals surface area contributed by atoms with Crippen LogP contribution in [0.1, 0.15) is 25.3 Å². The standard InChI is InChI=1S/C20H23BrClN3O/c1-14(12-15-2-4-17(21)5-3-15)24-20(26)16-8-10-25(11-9-16)19-7-6-18(22)13-23-19/h2-7,13-14,16H,8-12H2,1H3,(H,24,26). The zero-order valence-electron chi connectivity index (χ0n) is 14.8. The van der Waals surface area contributed by atoms with Crippen LogP contribution in [0.15, 0.2) is 47.1 Å². The summed E-state index contributed by atoms with van der Waals surface area (Å²) in [5.41, 5.74) is 1.23. The Morgan fingerprint density at radius 2 is 1.96 bits per heavy atom. The van der Waals surface area contributed by atoms with Crippen molar-refractivity contribution in [2.45, 2.75) is 32.2 Å². The average molecular weight is 437 g/mol. The number of carbonyl (C=O) groups is 1. The minimum atomic E-state index is 0.0749. The second kappa shape index (κ2) is 8.87. The van der Waals surface area contributed by atoms with Crippen LogP contribution in [0.5, 0.6) is 0 Å². The van der Waals surface area contributed by atoms with Gasteiger partial charge in [-0.3, -0.25) is 4.79 Å². The highest BCUT2D eigenvalue weighted by atomic mass is 79.9. The fourth-order valence-corrected chi connectivity index (χ4v) is 3.69. The number of rotatable bonds is 5. The lowest BCUT2D eigenvalue weighted by Crippen LogP contribution is -2.43. The second-order valence-corrected chi connectivity index (χ2v) is 8.19. The number of nitrogens with one attached hydrogen (secondary N) is 1. The van der Waals surface area contributed by atoms with Crippen LogP contribution < -0.4 is 10.2 Å². The van der Waals surface area contributed by atoms with Crippen molar-refractivity contribution in [1.29, 1.82) is 0 Å². The summed E-state index contributed by atoms with van der Waals surface area (Å²) in [6, 6.07) is 12.2. The van der Waals surface area contributed by atoms with Crippen LogP contribution in [-0.2, 0) is 11.2 Å². The first kappa shape index (κ1) is 19.2. The third-order valence-corrected chi connectivity index (χ3v) is 5.50. The van der Waals surface area contributed by atoms with E-state index in [4.69, 9.17) is 11.6 Å². The topological polar surface area (TPSA) is 45.2 Å². The average Bonchev–Trinajstić information content (AvgIpc) is 2.64. The minimum absolute atomic E-state index is 0.0749. The molecule has 1 atom stereocenters. The summed E-state index contributed by atoms with van der Waals surface area (Å²) in [5.74, 6) is 1.17. The SMILES string of the molecule is CC(Cc1ccc(Br)cc1)NC(=O)C1CCN(c2ccc(Cl)cn2)CC1. The minimum Gasteiger partial charge on any atom is -0.357 e. The van der Waals surface area contributed by atoms with Gasteiger partial charge in [-0.1, -0.05) is 39.7 Å². The first-order chi connectivity index (χ1) is 12.5. The molecule has 3 rings (SSSR count). The first-order valence-corrected chi connectivity index (χ1v) is 10.1. The lowest BCUT2D eigenvalue weighted by atomic mass is 9.95. The van der Waals surface area contributed by atoms with Crippen LogP contribution >= 0.6 is 27.5 Å². The third-order valence-electron chi connectivity index (χ3n) is 4.75. The maximum absolute atomic E-state index is 12.6. The number of pyridine rings is 1. The molecule has 1 amide bonds. The Balaban J connectivity index is 1.47. The molecule has 138 valence electrons. The summed E-state index contributed by atoms with van der Waals surface area (Å²) in [6.45, 7) is 3.74. The second-order valence-electron chi connectivity index (χ2n) is 6.84. The Kier molecular flexibility index (Phi) is 6.54. The van der Waals surface area contributed by atoms with Crippen molar-refractivity contribution in [3.63, 3.8) is 0 Å². The molecule has 1 saturated heterocycles. The van der Waals surface area contributed by atoms with Gasteiger partial charge in [0, 0.05) is 35.7 Å². The molecule has 1 aromatic carbocycles. The van der Waals surface area contributed by atoms with Crippen LogP contribution in [-0.4, -0.2) is 30.0 Å². The smallest absolute Gasteiger partial charge is 0.223 e. The Labute approximate surface area is 168 Å². The number of hydrogen-bond donors (Lipinski definition) is 1. The van der Waals surface area contributed by atoms with Gasteiger partial charge in [-0.25, -0.2) is 4.98 Å². The quantitative estimate of drug-likeness (QED) is 0.752. The van der Waals surface area contributed by atoms with E-state index in [0.29, 0.717) is 5.02 Å². The van der Waals surface area contributed by atoms with Gasteiger partial charge in [-0.15, -0.1) is 0 Å². The van der Waals surface area contributed by atoms with Gasteiger partial charge in [-0.2, -0.15) is 0 Å². The van der Waals surface area contributed by atoms with Gasteiger partial charge in [0.2, 0.25) is 5.91 Å². The summed E-state index contributed by atoms with van der Waals surface area (Å²) >= 11 is 9.34. The van der Waals surface area contributed by atoms with Crippen LogP contribution in [0.2, 0.25) is 5.02 Å². The molecule has 1 N–H and O–H groups in total. The highest BCUT2D eigenvalue weighted by molar-refractivity contribution is 9.10. The summed E-state index contributed by atoms with van der Waals surface area (Å²) in [5, 5.41) is 3.81. The molecular formula is C20H23BrClN3O. The first-order valence-electron chi connectivity index (χ1n) is 8.92. The van der Waals surface area contributed by atoms with E-state index < -0.39 is 0 Å². The maximum Gasteiger partial charge on any atom is 0.223 e. The number of halogens is 2. The van der Waals surface area contributed by atoms with E-state index in [1.54, 1.807) is 6.20 Å². The van der Waals surface area contributed by atoms with Crippen molar-refractivity contribution < 1.29 is 4.79 Å². The number of nitrogens with zero attached hydrogens (tertiary/aromatic N) is 2. The predicted octanol–water partition coefficient (Wildman–Crippen LogP) is 4.46. The van der Waals surface area contributed by atoms with Gasteiger partial charge in [-0.05, 0) is 56.0 Å². The molecule has 1 unspecified atom stereocenters. The van der Waals surface area contributed by atoms with Crippen LogP contribution in [0, 0.1) is 5.92 Å². The lowest BCUT2D eigenvalue weighted by molar-refractivity contribution is -0.126. The summed E-state index contributed by atoms with van der Waals surface area (Å²) in [6.07, 6.45) is 4.20.